The summed E-state index contributed by atoms with van der Waals surface area (Å²) < 4.78 is 34.7. The lowest BCUT2D eigenvalue weighted by Crippen LogP contribution is -2.20. The maximum Gasteiger partial charge on any atom is 0.383 e. The first kappa shape index (κ1) is 29.2. The Bertz CT molecular complexity index is 919. The molecule has 4 rings (SSSR count). The summed E-state index contributed by atoms with van der Waals surface area (Å²) in [6.45, 7) is 4.55. The van der Waals surface area contributed by atoms with E-state index < -0.39 is 6.11 Å². The number of hydrogen-bond acceptors (Lipinski definition) is 1. The van der Waals surface area contributed by atoms with E-state index in [1.165, 1.54) is 101 Å². The maximum absolute atomic E-state index is 14.8. The highest BCUT2D eigenvalue weighted by molar-refractivity contribution is 5.28. The predicted molar refractivity (Wildman–Crippen MR) is 155 cm³/mol. The van der Waals surface area contributed by atoms with Gasteiger partial charge in [-0.2, -0.15) is 8.78 Å². The number of alkyl halides is 2. The van der Waals surface area contributed by atoms with E-state index in [1.54, 1.807) is 12.1 Å². The molecule has 210 valence electrons. The van der Waals surface area contributed by atoms with Crippen LogP contribution in [0.4, 0.5) is 8.78 Å². The van der Waals surface area contributed by atoms with Gasteiger partial charge in [0.05, 0.1) is 12.2 Å². The largest absolute Gasteiger partial charge is 0.383 e. The van der Waals surface area contributed by atoms with Gasteiger partial charge >= 0.3 is 6.11 Å². The Balaban J connectivity index is 1.20. The lowest BCUT2D eigenvalue weighted by atomic mass is 9.77. The molecule has 0 amide bonds. The minimum absolute atomic E-state index is 0.0122. The maximum atomic E-state index is 14.8. The zero-order valence-corrected chi connectivity index (χ0v) is 23.9. The quantitative estimate of drug-likeness (QED) is 0.237. The van der Waals surface area contributed by atoms with Crippen molar-refractivity contribution in [3.05, 3.63) is 70.8 Å². The second kappa shape index (κ2) is 14.6. The van der Waals surface area contributed by atoms with Crippen LogP contribution in [0.5, 0.6) is 0 Å². The first-order valence-corrected chi connectivity index (χ1v) is 15.7. The van der Waals surface area contributed by atoms with E-state index in [-0.39, 0.29) is 12.2 Å². The average molecular weight is 525 g/mol. The van der Waals surface area contributed by atoms with Gasteiger partial charge in [0.1, 0.15) is 0 Å². The van der Waals surface area contributed by atoms with E-state index >= 15 is 0 Å². The van der Waals surface area contributed by atoms with Gasteiger partial charge in [0.25, 0.3) is 0 Å². The van der Waals surface area contributed by atoms with Crippen molar-refractivity contribution in [2.75, 3.05) is 6.61 Å². The van der Waals surface area contributed by atoms with Crippen molar-refractivity contribution in [2.45, 2.75) is 128 Å². The minimum Gasteiger partial charge on any atom is -0.316 e. The first-order chi connectivity index (χ1) is 18.5. The van der Waals surface area contributed by atoms with Gasteiger partial charge in [0, 0.05) is 0 Å². The van der Waals surface area contributed by atoms with Crippen LogP contribution < -0.4 is 0 Å². The number of halogens is 2. The first-order valence-electron chi connectivity index (χ1n) is 15.7. The summed E-state index contributed by atoms with van der Waals surface area (Å²) in [7, 11) is 0. The SMILES string of the molecule is CCCCC[C@H]1CC[C@H](c2ccc(C(F)(F)OCCc3ccc([C@H]4CC[C@H](CCC)CC4)cc3)cc2)CC1. The second-order valence-corrected chi connectivity index (χ2v) is 12.2. The van der Waals surface area contributed by atoms with Gasteiger partial charge in [-0.05, 0) is 98.1 Å². The Hall–Kier alpha value is -1.74. The average Bonchev–Trinajstić information content (AvgIpc) is 2.95. The fraction of sp³-hybridized carbons (Fsp3) is 0.657. The molecule has 1 nitrogen and oxygen atoms in total. The number of rotatable bonds is 13. The molecule has 0 N–H and O–H groups in total. The normalized spacial score (nSPS) is 24.4. The number of benzene rings is 2. The van der Waals surface area contributed by atoms with Crippen LogP contribution in [0.25, 0.3) is 0 Å². The third-order valence-corrected chi connectivity index (χ3v) is 9.45. The second-order valence-electron chi connectivity index (χ2n) is 12.2. The Labute approximate surface area is 230 Å². The van der Waals surface area contributed by atoms with Crippen molar-refractivity contribution in [2.24, 2.45) is 11.8 Å². The molecule has 2 aromatic carbocycles. The Morgan fingerprint density at radius 3 is 1.71 bits per heavy atom. The van der Waals surface area contributed by atoms with Crippen LogP contribution in [0.3, 0.4) is 0 Å². The zero-order chi connectivity index (χ0) is 26.8. The van der Waals surface area contributed by atoms with Crippen molar-refractivity contribution in [1.29, 1.82) is 0 Å². The summed E-state index contributed by atoms with van der Waals surface area (Å²) in [6, 6.07) is 15.6. The Morgan fingerprint density at radius 1 is 0.658 bits per heavy atom. The molecule has 0 aromatic heterocycles. The molecule has 0 radical (unpaired) electrons. The fourth-order valence-electron chi connectivity index (χ4n) is 6.95. The molecule has 0 unspecified atom stereocenters. The number of hydrogen-bond donors (Lipinski definition) is 0. The molecule has 0 spiro atoms. The third-order valence-electron chi connectivity index (χ3n) is 9.45. The number of unbranched alkanes of at least 4 members (excludes halogenated alkanes) is 2. The van der Waals surface area contributed by atoms with E-state index in [0.29, 0.717) is 18.3 Å². The molecule has 2 aromatic rings. The predicted octanol–water partition coefficient (Wildman–Crippen LogP) is 10.9. The standard InChI is InChI=1S/C35H50F2O/c1-3-5-6-8-28-11-17-32(18-12-28)33-21-23-34(24-22-33)35(36,37)38-26-25-29-13-19-31(20-14-29)30-15-9-27(7-4-2)10-16-30/h13-14,19-24,27-28,30,32H,3-12,15-18,25-26H2,1-2H3/t27-,28-,30-,32-. The van der Waals surface area contributed by atoms with Crippen LogP contribution in [-0.2, 0) is 17.3 Å². The smallest absolute Gasteiger partial charge is 0.316 e. The molecule has 2 saturated carbocycles. The molecule has 2 fully saturated rings. The molecule has 0 bridgehead atoms. The van der Waals surface area contributed by atoms with Crippen LogP contribution in [0.1, 0.15) is 138 Å². The molecular formula is C35H50F2O. The number of ether oxygens (including phenoxy) is 1. The van der Waals surface area contributed by atoms with E-state index in [0.717, 1.165) is 17.4 Å². The fourth-order valence-corrected chi connectivity index (χ4v) is 6.95. The lowest BCUT2D eigenvalue weighted by molar-refractivity contribution is -0.248. The summed E-state index contributed by atoms with van der Waals surface area (Å²) >= 11 is 0. The highest BCUT2D eigenvalue weighted by Crippen LogP contribution is 2.39. The molecule has 3 heteroatoms. The van der Waals surface area contributed by atoms with Gasteiger partial charge < -0.3 is 4.74 Å². The van der Waals surface area contributed by atoms with E-state index in [1.807, 2.05) is 12.1 Å². The molecule has 0 atom stereocenters. The zero-order valence-electron chi connectivity index (χ0n) is 23.9. The van der Waals surface area contributed by atoms with Crippen LogP contribution in [-0.4, -0.2) is 6.61 Å². The summed E-state index contributed by atoms with van der Waals surface area (Å²) in [5.74, 6) is 2.93. The van der Waals surface area contributed by atoms with Gasteiger partial charge in [0.15, 0.2) is 0 Å². The monoisotopic (exact) mass is 524 g/mol. The van der Waals surface area contributed by atoms with Crippen molar-refractivity contribution in [3.63, 3.8) is 0 Å². The molecular weight excluding hydrogens is 474 g/mol. The molecule has 2 aliphatic rings. The van der Waals surface area contributed by atoms with Gasteiger partial charge in [-0.1, -0.05) is 101 Å². The van der Waals surface area contributed by atoms with Crippen molar-refractivity contribution < 1.29 is 13.5 Å². The Morgan fingerprint density at radius 2 is 1.18 bits per heavy atom. The summed E-state index contributed by atoms with van der Waals surface area (Å²) in [4.78, 5) is 0. The highest BCUT2D eigenvalue weighted by Gasteiger charge is 2.33. The summed E-state index contributed by atoms with van der Waals surface area (Å²) in [6.07, 6.45) is 15.4. The van der Waals surface area contributed by atoms with E-state index in [9.17, 15) is 8.78 Å². The van der Waals surface area contributed by atoms with Crippen molar-refractivity contribution in [1.82, 2.24) is 0 Å². The molecule has 38 heavy (non-hydrogen) atoms. The highest BCUT2D eigenvalue weighted by atomic mass is 19.3. The third kappa shape index (κ3) is 8.38. The lowest BCUT2D eigenvalue weighted by Gasteiger charge is -2.29. The van der Waals surface area contributed by atoms with E-state index in [4.69, 9.17) is 4.74 Å². The topological polar surface area (TPSA) is 9.23 Å². The molecule has 0 aliphatic heterocycles. The van der Waals surface area contributed by atoms with Gasteiger partial charge in [0.2, 0.25) is 0 Å². The summed E-state index contributed by atoms with van der Waals surface area (Å²) in [5, 5.41) is 0. The molecule has 0 saturated heterocycles. The molecule has 2 aliphatic carbocycles. The van der Waals surface area contributed by atoms with Crippen molar-refractivity contribution >= 4 is 0 Å². The Kier molecular flexibility index (Phi) is 11.2. The van der Waals surface area contributed by atoms with Crippen LogP contribution in [0.2, 0.25) is 0 Å². The van der Waals surface area contributed by atoms with E-state index in [2.05, 4.69) is 38.1 Å². The summed E-state index contributed by atoms with van der Waals surface area (Å²) in [5.41, 5.74) is 3.63. The van der Waals surface area contributed by atoms with Gasteiger partial charge in [-0.25, -0.2) is 0 Å². The molecule has 0 heterocycles. The minimum atomic E-state index is -3.26. The van der Waals surface area contributed by atoms with Gasteiger partial charge in [-0.3, -0.25) is 0 Å². The van der Waals surface area contributed by atoms with Crippen molar-refractivity contribution in [3.8, 4) is 0 Å². The van der Waals surface area contributed by atoms with Crippen LogP contribution >= 0.6 is 0 Å². The van der Waals surface area contributed by atoms with Crippen LogP contribution in [0.15, 0.2) is 48.5 Å². The van der Waals surface area contributed by atoms with Gasteiger partial charge in [-0.15, -0.1) is 0 Å². The van der Waals surface area contributed by atoms with Crippen LogP contribution in [0, 0.1) is 11.8 Å².